The van der Waals surface area contributed by atoms with Crippen molar-refractivity contribution in [1.82, 2.24) is 20.1 Å². The molecule has 0 saturated carbocycles. The summed E-state index contributed by atoms with van der Waals surface area (Å²) in [6, 6.07) is 0.803. The van der Waals surface area contributed by atoms with Crippen LogP contribution in [-0.4, -0.2) is 53.5 Å². The molecule has 0 spiro atoms. The molecule has 1 aromatic rings. The van der Waals surface area contributed by atoms with Crippen LogP contribution in [0.3, 0.4) is 0 Å². The van der Waals surface area contributed by atoms with Crippen LogP contribution in [0.15, 0.2) is 5.38 Å². The zero-order valence-corrected chi connectivity index (χ0v) is 13.3. The molecule has 2 fully saturated rings. The lowest BCUT2D eigenvalue weighted by molar-refractivity contribution is 0.229. The Balaban J connectivity index is 1.47. The molecule has 1 aromatic heterocycles. The predicted octanol–water partition coefficient (Wildman–Crippen LogP) is 1.92. The summed E-state index contributed by atoms with van der Waals surface area (Å²) in [5.74, 6) is 0. The molecular weight excluding hydrogens is 268 g/mol. The highest BCUT2D eigenvalue weighted by molar-refractivity contribution is 7.09. The van der Waals surface area contributed by atoms with Gasteiger partial charge in [-0.15, -0.1) is 11.3 Å². The lowest BCUT2D eigenvalue weighted by Gasteiger charge is -2.23. The van der Waals surface area contributed by atoms with Crippen LogP contribution in [0.4, 0.5) is 0 Å². The molecule has 2 aliphatic heterocycles. The van der Waals surface area contributed by atoms with Crippen molar-refractivity contribution < 1.29 is 0 Å². The molecule has 0 aromatic carbocycles. The fraction of sp³-hybridized carbons (Fsp3) is 0.800. The zero-order chi connectivity index (χ0) is 13.8. The molecule has 0 bridgehead atoms. The number of hydrogen-bond donors (Lipinski definition) is 1. The van der Waals surface area contributed by atoms with E-state index in [-0.39, 0.29) is 0 Å². The smallest absolute Gasteiger partial charge is 0.107 e. The molecule has 112 valence electrons. The van der Waals surface area contributed by atoms with E-state index in [1.807, 2.05) is 0 Å². The Bertz CT molecular complexity index is 414. The Morgan fingerprint density at radius 2 is 2.20 bits per heavy atom. The van der Waals surface area contributed by atoms with Gasteiger partial charge in [-0.1, -0.05) is 6.92 Å². The third kappa shape index (κ3) is 3.58. The van der Waals surface area contributed by atoms with Crippen LogP contribution in [0, 0.1) is 0 Å². The summed E-state index contributed by atoms with van der Waals surface area (Å²) in [7, 11) is 0. The fourth-order valence-corrected chi connectivity index (χ4v) is 4.08. The van der Waals surface area contributed by atoms with E-state index in [2.05, 4.69) is 27.4 Å². The first-order chi connectivity index (χ1) is 9.85. The molecule has 3 heterocycles. The van der Waals surface area contributed by atoms with Gasteiger partial charge < -0.3 is 5.32 Å². The summed E-state index contributed by atoms with van der Waals surface area (Å²) in [4.78, 5) is 10.0. The molecule has 1 N–H and O–H groups in total. The van der Waals surface area contributed by atoms with Gasteiger partial charge in [0.15, 0.2) is 0 Å². The molecule has 4 nitrogen and oxygen atoms in total. The minimum absolute atomic E-state index is 0.803. The van der Waals surface area contributed by atoms with E-state index in [0.29, 0.717) is 0 Å². The summed E-state index contributed by atoms with van der Waals surface area (Å²) in [6.07, 6.45) is 4.14. The second kappa shape index (κ2) is 6.98. The summed E-state index contributed by atoms with van der Waals surface area (Å²) < 4.78 is 0. The first-order valence-corrected chi connectivity index (χ1v) is 8.83. The standard InChI is InChI=1S/C15H26N4S/c1-2-16-9-15-17-13(12-20-15)10-18-8-5-14(11-18)19-6-3-4-7-19/h12,14,16H,2-11H2,1H3. The summed E-state index contributed by atoms with van der Waals surface area (Å²) in [5, 5.41) is 6.79. The molecule has 0 aliphatic carbocycles. The van der Waals surface area contributed by atoms with E-state index in [1.54, 1.807) is 11.3 Å². The molecule has 2 aliphatic rings. The predicted molar refractivity (Wildman–Crippen MR) is 84.0 cm³/mol. The number of thiazole rings is 1. The Morgan fingerprint density at radius 3 is 3.00 bits per heavy atom. The van der Waals surface area contributed by atoms with Gasteiger partial charge in [-0.3, -0.25) is 9.80 Å². The maximum atomic E-state index is 4.73. The average Bonchev–Trinajstić information content (AvgIpc) is 3.18. The molecular formula is C15H26N4S. The van der Waals surface area contributed by atoms with E-state index in [4.69, 9.17) is 4.98 Å². The van der Waals surface area contributed by atoms with Crippen molar-refractivity contribution in [1.29, 1.82) is 0 Å². The maximum Gasteiger partial charge on any atom is 0.107 e. The van der Waals surface area contributed by atoms with Crippen molar-refractivity contribution in [2.45, 2.75) is 45.3 Å². The number of nitrogens with zero attached hydrogens (tertiary/aromatic N) is 3. The highest BCUT2D eigenvalue weighted by Crippen LogP contribution is 2.22. The topological polar surface area (TPSA) is 31.4 Å². The van der Waals surface area contributed by atoms with Crippen LogP contribution < -0.4 is 5.32 Å². The van der Waals surface area contributed by atoms with Crippen LogP contribution in [0.1, 0.15) is 36.9 Å². The normalized spacial score (nSPS) is 24.8. The highest BCUT2D eigenvalue weighted by Gasteiger charge is 2.29. The second-order valence-corrected chi connectivity index (χ2v) is 6.88. The van der Waals surface area contributed by atoms with Crippen LogP contribution in [0.25, 0.3) is 0 Å². The van der Waals surface area contributed by atoms with E-state index in [0.717, 1.165) is 25.7 Å². The molecule has 0 amide bonds. The average molecular weight is 294 g/mol. The van der Waals surface area contributed by atoms with E-state index < -0.39 is 0 Å². The highest BCUT2D eigenvalue weighted by atomic mass is 32.1. The molecule has 1 atom stereocenters. The third-order valence-corrected chi connectivity index (χ3v) is 5.31. The van der Waals surface area contributed by atoms with Crippen molar-refractivity contribution in [2.24, 2.45) is 0 Å². The Labute approximate surface area is 126 Å². The Kier molecular flexibility index (Phi) is 5.04. The van der Waals surface area contributed by atoms with Crippen LogP contribution in [0.5, 0.6) is 0 Å². The number of nitrogens with one attached hydrogen (secondary N) is 1. The lowest BCUT2D eigenvalue weighted by atomic mass is 10.2. The van der Waals surface area contributed by atoms with Gasteiger partial charge in [0.25, 0.3) is 0 Å². The second-order valence-electron chi connectivity index (χ2n) is 5.93. The quantitative estimate of drug-likeness (QED) is 0.868. The molecule has 0 radical (unpaired) electrons. The van der Waals surface area contributed by atoms with Gasteiger partial charge in [0.1, 0.15) is 5.01 Å². The molecule has 20 heavy (non-hydrogen) atoms. The largest absolute Gasteiger partial charge is 0.311 e. The van der Waals surface area contributed by atoms with Crippen molar-refractivity contribution in [3.8, 4) is 0 Å². The van der Waals surface area contributed by atoms with Crippen LogP contribution in [-0.2, 0) is 13.1 Å². The lowest BCUT2D eigenvalue weighted by Crippen LogP contribution is -2.35. The van der Waals surface area contributed by atoms with E-state index in [9.17, 15) is 0 Å². The molecule has 1 unspecified atom stereocenters. The van der Waals surface area contributed by atoms with Crippen molar-refractivity contribution >= 4 is 11.3 Å². The van der Waals surface area contributed by atoms with Crippen molar-refractivity contribution in [3.05, 3.63) is 16.1 Å². The summed E-state index contributed by atoms with van der Waals surface area (Å²) in [6.45, 7) is 10.2. The number of rotatable bonds is 6. The monoisotopic (exact) mass is 294 g/mol. The van der Waals surface area contributed by atoms with Crippen LogP contribution >= 0.6 is 11.3 Å². The number of aromatic nitrogens is 1. The number of hydrogen-bond acceptors (Lipinski definition) is 5. The molecule has 2 saturated heterocycles. The minimum Gasteiger partial charge on any atom is -0.311 e. The van der Waals surface area contributed by atoms with Crippen LogP contribution in [0.2, 0.25) is 0 Å². The van der Waals surface area contributed by atoms with Gasteiger partial charge in [0, 0.05) is 37.6 Å². The summed E-state index contributed by atoms with van der Waals surface area (Å²) >= 11 is 1.79. The van der Waals surface area contributed by atoms with E-state index in [1.165, 1.54) is 56.1 Å². The zero-order valence-electron chi connectivity index (χ0n) is 12.5. The first kappa shape index (κ1) is 14.4. The van der Waals surface area contributed by atoms with Crippen molar-refractivity contribution in [2.75, 3.05) is 32.7 Å². The van der Waals surface area contributed by atoms with E-state index >= 15 is 0 Å². The SMILES string of the molecule is CCNCc1nc(CN2CCC(N3CCCC3)C2)cs1. The number of likely N-dealkylation sites (tertiary alicyclic amines) is 2. The summed E-state index contributed by atoms with van der Waals surface area (Å²) in [5.41, 5.74) is 1.25. The maximum absolute atomic E-state index is 4.73. The van der Waals surface area contributed by atoms with Gasteiger partial charge in [-0.05, 0) is 38.9 Å². The molecule has 3 rings (SSSR count). The van der Waals surface area contributed by atoms with Gasteiger partial charge in [0.2, 0.25) is 0 Å². The third-order valence-electron chi connectivity index (χ3n) is 4.42. The fourth-order valence-electron chi connectivity index (χ4n) is 3.32. The van der Waals surface area contributed by atoms with Gasteiger partial charge in [0.05, 0.1) is 5.69 Å². The minimum atomic E-state index is 0.803. The Hall–Kier alpha value is -0.490. The first-order valence-electron chi connectivity index (χ1n) is 7.95. The molecule has 5 heteroatoms. The van der Waals surface area contributed by atoms with Crippen molar-refractivity contribution in [3.63, 3.8) is 0 Å². The Morgan fingerprint density at radius 1 is 1.35 bits per heavy atom. The van der Waals surface area contributed by atoms with Gasteiger partial charge in [-0.2, -0.15) is 0 Å². The van der Waals surface area contributed by atoms with Gasteiger partial charge in [-0.25, -0.2) is 4.98 Å². The van der Waals surface area contributed by atoms with Gasteiger partial charge >= 0.3 is 0 Å².